The van der Waals surface area contributed by atoms with Crippen molar-refractivity contribution < 1.29 is 9.45 Å². The molecule has 0 N–H and O–H groups in total. The number of non-ortho nitro benzene ring substituents is 1. The van der Waals surface area contributed by atoms with Crippen molar-refractivity contribution in [2.75, 3.05) is 0 Å². The monoisotopic (exact) mass is 231 g/mol. The number of nitro groups is 1. The van der Waals surface area contributed by atoms with Gasteiger partial charge >= 0.3 is 0 Å². The predicted octanol–water partition coefficient (Wildman–Crippen LogP) is 2.68. The Morgan fingerprint density at radius 1 is 1.41 bits per heavy atom. The number of rotatable bonds is 3. The summed E-state index contributed by atoms with van der Waals surface area (Å²) in [5.41, 5.74) is 1.36. The molecular weight excluding hydrogens is 222 g/mol. The first-order chi connectivity index (χ1) is 8.08. The van der Waals surface area contributed by atoms with Crippen LogP contribution in [0.1, 0.15) is 12.8 Å². The number of hydrogen-bond donors (Lipinski definition) is 0. The SMILES string of the molecule is C=C(C)c1nc(-c2ccc([N+](=O)[O-])cc2)no1. The average molecular weight is 231 g/mol. The molecule has 0 aliphatic heterocycles. The van der Waals surface area contributed by atoms with Gasteiger partial charge in [-0.15, -0.1) is 0 Å². The van der Waals surface area contributed by atoms with E-state index in [2.05, 4.69) is 16.7 Å². The lowest BCUT2D eigenvalue weighted by molar-refractivity contribution is -0.384. The molecule has 2 rings (SSSR count). The molecular formula is C11H9N3O3. The summed E-state index contributed by atoms with van der Waals surface area (Å²) >= 11 is 0. The van der Waals surface area contributed by atoms with E-state index in [1.165, 1.54) is 12.1 Å². The second-order valence-electron chi connectivity index (χ2n) is 3.51. The summed E-state index contributed by atoms with van der Waals surface area (Å²) < 4.78 is 4.96. The second kappa shape index (κ2) is 4.17. The predicted molar refractivity (Wildman–Crippen MR) is 61.1 cm³/mol. The van der Waals surface area contributed by atoms with Gasteiger partial charge < -0.3 is 4.52 Å². The zero-order valence-electron chi connectivity index (χ0n) is 9.08. The molecule has 2 aromatic rings. The smallest absolute Gasteiger partial charge is 0.269 e. The van der Waals surface area contributed by atoms with Crippen LogP contribution in [0.5, 0.6) is 0 Å². The first-order valence-corrected chi connectivity index (χ1v) is 4.82. The van der Waals surface area contributed by atoms with Gasteiger partial charge in [0.15, 0.2) is 0 Å². The molecule has 0 radical (unpaired) electrons. The van der Waals surface area contributed by atoms with Crippen LogP contribution in [0.25, 0.3) is 17.0 Å². The van der Waals surface area contributed by atoms with Crippen molar-refractivity contribution in [2.24, 2.45) is 0 Å². The minimum absolute atomic E-state index is 0.0253. The third kappa shape index (κ3) is 2.20. The van der Waals surface area contributed by atoms with Crippen molar-refractivity contribution in [3.8, 4) is 11.4 Å². The Kier molecular flexibility index (Phi) is 2.70. The number of benzene rings is 1. The Balaban J connectivity index is 2.33. The molecule has 1 aromatic carbocycles. The quantitative estimate of drug-likeness (QED) is 0.599. The highest BCUT2D eigenvalue weighted by atomic mass is 16.6. The van der Waals surface area contributed by atoms with E-state index in [-0.39, 0.29) is 5.69 Å². The number of hydrogen-bond acceptors (Lipinski definition) is 5. The van der Waals surface area contributed by atoms with Crippen molar-refractivity contribution in [3.05, 3.63) is 46.8 Å². The number of aromatic nitrogens is 2. The van der Waals surface area contributed by atoms with Gasteiger partial charge in [0.2, 0.25) is 5.82 Å². The van der Waals surface area contributed by atoms with Crippen molar-refractivity contribution >= 4 is 11.3 Å². The minimum Gasteiger partial charge on any atom is -0.334 e. The maximum Gasteiger partial charge on any atom is 0.269 e. The molecule has 6 nitrogen and oxygen atoms in total. The molecule has 0 fully saturated rings. The van der Waals surface area contributed by atoms with Crippen LogP contribution in [-0.2, 0) is 0 Å². The van der Waals surface area contributed by atoms with E-state index in [0.717, 1.165) is 0 Å². The zero-order chi connectivity index (χ0) is 12.4. The van der Waals surface area contributed by atoms with E-state index in [1.807, 2.05) is 0 Å². The Hall–Kier alpha value is -2.50. The van der Waals surface area contributed by atoms with Crippen molar-refractivity contribution in [3.63, 3.8) is 0 Å². The fourth-order valence-electron chi connectivity index (χ4n) is 1.25. The maximum absolute atomic E-state index is 10.5. The highest BCUT2D eigenvalue weighted by Crippen LogP contribution is 2.21. The molecule has 6 heteroatoms. The molecule has 0 atom stereocenters. The second-order valence-corrected chi connectivity index (χ2v) is 3.51. The summed E-state index contributed by atoms with van der Waals surface area (Å²) in [6.45, 7) is 5.44. The van der Waals surface area contributed by atoms with Crippen LogP contribution in [0.2, 0.25) is 0 Å². The van der Waals surface area contributed by atoms with E-state index in [0.29, 0.717) is 22.9 Å². The van der Waals surface area contributed by atoms with Gasteiger partial charge in [0, 0.05) is 23.3 Å². The third-order valence-electron chi connectivity index (χ3n) is 2.13. The van der Waals surface area contributed by atoms with Crippen molar-refractivity contribution in [1.82, 2.24) is 10.1 Å². The summed E-state index contributed by atoms with van der Waals surface area (Å²) in [6.07, 6.45) is 0. The highest BCUT2D eigenvalue weighted by Gasteiger charge is 2.10. The molecule has 0 saturated carbocycles. The minimum atomic E-state index is -0.459. The van der Waals surface area contributed by atoms with Crippen molar-refractivity contribution in [1.29, 1.82) is 0 Å². The van der Waals surface area contributed by atoms with Crippen molar-refractivity contribution in [2.45, 2.75) is 6.92 Å². The topological polar surface area (TPSA) is 82.1 Å². The largest absolute Gasteiger partial charge is 0.334 e. The van der Waals surface area contributed by atoms with Crippen LogP contribution in [-0.4, -0.2) is 15.1 Å². The summed E-state index contributed by atoms with van der Waals surface area (Å²) in [5.74, 6) is 0.747. The number of nitro benzene ring substituents is 1. The van der Waals surface area contributed by atoms with Gasteiger partial charge in [-0.3, -0.25) is 10.1 Å². The lowest BCUT2D eigenvalue weighted by Gasteiger charge is -1.93. The summed E-state index contributed by atoms with van der Waals surface area (Å²) in [6, 6.07) is 5.94. The Bertz CT molecular complexity index is 572. The fraction of sp³-hybridized carbons (Fsp3) is 0.0909. The fourth-order valence-corrected chi connectivity index (χ4v) is 1.25. The number of nitrogens with zero attached hydrogens (tertiary/aromatic N) is 3. The maximum atomic E-state index is 10.5. The van der Waals surface area contributed by atoms with E-state index in [9.17, 15) is 10.1 Å². The normalized spacial score (nSPS) is 10.2. The van der Waals surface area contributed by atoms with Crippen LogP contribution >= 0.6 is 0 Å². The molecule has 17 heavy (non-hydrogen) atoms. The van der Waals surface area contributed by atoms with E-state index >= 15 is 0 Å². The summed E-state index contributed by atoms with van der Waals surface area (Å²) in [4.78, 5) is 14.1. The molecule has 1 heterocycles. The molecule has 0 unspecified atom stereocenters. The lowest BCUT2D eigenvalue weighted by atomic mass is 10.2. The molecule has 86 valence electrons. The molecule has 0 saturated heterocycles. The van der Waals surface area contributed by atoms with Gasteiger partial charge in [0.1, 0.15) is 0 Å². The van der Waals surface area contributed by atoms with Gasteiger partial charge in [-0.05, 0) is 19.1 Å². The van der Waals surface area contributed by atoms with Crippen LogP contribution in [0, 0.1) is 10.1 Å². The standard InChI is InChI=1S/C11H9N3O3/c1-7(2)11-12-10(13-17-11)8-3-5-9(6-4-8)14(15)16/h3-6H,1H2,2H3. The molecule has 0 bridgehead atoms. The van der Waals surface area contributed by atoms with Gasteiger partial charge in [-0.2, -0.15) is 4.98 Å². The molecule has 0 aliphatic carbocycles. The Labute approximate surface area is 96.7 Å². The summed E-state index contributed by atoms with van der Waals surface area (Å²) in [7, 11) is 0. The molecule has 1 aromatic heterocycles. The van der Waals surface area contributed by atoms with E-state index < -0.39 is 4.92 Å². The van der Waals surface area contributed by atoms with Crippen LogP contribution < -0.4 is 0 Å². The van der Waals surface area contributed by atoms with Gasteiger partial charge in [0.25, 0.3) is 11.6 Å². The lowest BCUT2D eigenvalue weighted by Crippen LogP contribution is -1.88. The van der Waals surface area contributed by atoms with Gasteiger partial charge in [-0.25, -0.2) is 0 Å². The molecule has 0 amide bonds. The summed E-state index contributed by atoms with van der Waals surface area (Å²) in [5, 5.41) is 14.3. The third-order valence-corrected chi connectivity index (χ3v) is 2.13. The highest BCUT2D eigenvalue weighted by molar-refractivity contribution is 5.60. The molecule has 0 spiro atoms. The van der Waals surface area contributed by atoms with Crippen LogP contribution in [0.3, 0.4) is 0 Å². The molecule has 0 aliphatic rings. The van der Waals surface area contributed by atoms with E-state index in [1.54, 1.807) is 19.1 Å². The van der Waals surface area contributed by atoms with Gasteiger partial charge in [-0.1, -0.05) is 11.7 Å². The van der Waals surface area contributed by atoms with Crippen LogP contribution in [0.15, 0.2) is 35.4 Å². The van der Waals surface area contributed by atoms with E-state index in [4.69, 9.17) is 4.52 Å². The Morgan fingerprint density at radius 3 is 2.53 bits per heavy atom. The van der Waals surface area contributed by atoms with Gasteiger partial charge in [0.05, 0.1) is 4.92 Å². The van der Waals surface area contributed by atoms with Crippen LogP contribution in [0.4, 0.5) is 5.69 Å². The zero-order valence-corrected chi connectivity index (χ0v) is 9.08. The first kappa shape index (κ1) is 11.0. The Morgan fingerprint density at radius 2 is 2.06 bits per heavy atom. The number of allylic oxidation sites excluding steroid dienone is 1. The first-order valence-electron chi connectivity index (χ1n) is 4.82. The average Bonchev–Trinajstić information content (AvgIpc) is 2.78.